The lowest BCUT2D eigenvalue weighted by Crippen LogP contribution is -2.17. The number of nitrogens with zero attached hydrogens (tertiary/aromatic N) is 2. The van der Waals surface area contributed by atoms with Crippen molar-refractivity contribution in [2.45, 2.75) is 19.2 Å². The van der Waals surface area contributed by atoms with Gasteiger partial charge < -0.3 is 14.3 Å². The van der Waals surface area contributed by atoms with E-state index in [9.17, 15) is 18.0 Å². The Bertz CT molecular complexity index is 622. The second-order valence-electron chi connectivity index (χ2n) is 3.98. The molecule has 9 heteroatoms. The summed E-state index contributed by atoms with van der Waals surface area (Å²) in [7, 11) is 0. The molecule has 0 spiro atoms. The average molecular weight is 302 g/mol. The molecule has 112 valence electrons. The zero-order valence-corrected chi connectivity index (χ0v) is 10.4. The van der Waals surface area contributed by atoms with Crippen LogP contribution in [0.4, 0.5) is 13.2 Å². The van der Waals surface area contributed by atoms with Crippen molar-refractivity contribution in [3.05, 3.63) is 41.7 Å². The van der Waals surface area contributed by atoms with Gasteiger partial charge in [0.2, 0.25) is 5.88 Å². The van der Waals surface area contributed by atoms with Crippen molar-refractivity contribution in [2.24, 2.45) is 0 Å². The van der Waals surface area contributed by atoms with Crippen LogP contribution >= 0.6 is 0 Å². The highest BCUT2D eigenvalue weighted by molar-refractivity contribution is 5.84. The van der Waals surface area contributed by atoms with E-state index >= 15 is 0 Å². The summed E-state index contributed by atoms with van der Waals surface area (Å²) in [5.74, 6) is -1.51. The minimum atomic E-state index is -4.78. The summed E-state index contributed by atoms with van der Waals surface area (Å²) < 4.78 is 44.4. The van der Waals surface area contributed by atoms with Crippen molar-refractivity contribution in [3.8, 4) is 5.88 Å². The Balaban J connectivity index is 1.92. The minimum Gasteiger partial charge on any atom is -0.476 e. The number of halogens is 3. The van der Waals surface area contributed by atoms with Crippen LogP contribution in [0.15, 0.2) is 29.0 Å². The summed E-state index contributed by atoms with van der Waals surface area (Å²) in [5, 5.41) is 8.67. The number of carboxylic acids is 1. The number of oxazole rings is 1. The molecule has 2 aromatic heterocycles. The number of hydrogen-bond acceptors (Lipinski definition) is 5. The highest BCUT2D eigenvalue weighted by Gasteiger charge is 2.31. The first-order valence-electron chi connectivity index (χ1n) is 5.72. The number of carboxylic acid groups (broad SMARTS) is 1. The molecule has 0 bridgehead atoms. The number of rotatable bonds is 5. The first-order valence-corrected chi connectivity index (χ1v) is 5.72. The third kappa shape index (κ3) is 4.48. The highest BCUT2D eigenvalue weighted by Crippen LogP contribution is 2.20. The number of carbonyl (C=O) groups is 1. The summed E-state index contributed by atoms with van der Waals surface area (Å²) in [4.78, 5) is 17.9. The molecule has 0 fully saturated rings. The number of aryl methyl sites for hydroxylation is 2. The Morgan fingerprint density at radius 1 is 1.33 bits per heavy atom. The number of pyridine rings is 1. The fourth-order valence-corrected chi connectivity index (χ4v) is 1.51. The zero-order chi connectivity index (χ0) is 15.5. The van der Waals surface area contributed by atoms with Gasteiger partial charge in [-0.05, 0) is 12.0 Å². The minimum absolute atomic E-state index is 0.197. The van der Waals surface area contributed by atoms with Crippen LogP contribution in [-0.2, 0) is 12.8 Å². The lowest BCUT2D eigenvalue weighted by molar-refractivity contribution is -0.276. The van der Waals surface area contributed by atoms with E-state index in [0.29, 0.717) is 18.4 Å². The molecule has 0 unspecified atom stereocenters. The van der Waals surface area contributed by atoms with E-state index in [1.807, 2.05) is 0 Å². The molecule has 6 nitrogen and oxygen atoms in total. The maximum atomic E-state index is 11.9. The second kappa shape index (κ2) is 5.81. The number of aromatic carboxylic acids is 1. The number of ether oxygens (including phenoxy) is 1. The Morgan fingerprint density at radius 3 is 2.62 bits per heavy atom. The van der Waals surface area contributed by atoms with Gasteiger partial charge in [0.25, 0.3) is 0 Å². The van der Waals surface area contributed by atoms with E-state index in [0.717, 1.165) is 12.3 Å². The molecule has 0 saturated carbocycles. The molecule has 0 aliphatic heterocycles. The van der Waals surface area contributed by atoms with E-state index in [1.165, 1.54) is 12.3 Å². The van der Waals surface area contributed by atoms with Gasteiger partial charge in [-0.15, -0.1) is 13.2 Å². The number of hydrogen-bond donors (Lipinski definition) is 1. The standard InChI is InChI=1S/C12H9F3N2O4/c13-12(14,15)21-9-3-1-7(5-16-9)2-4-10-17-8(6-20-10)11(18)19/h1,3,5-6H,2,4H2,(H,18,19). The number of alkyl halides is 3. The molecule has 0 saturated heterocycles. The molecule has 1 N–H and O–H groups in total. The van der Waals surface area contributed by atoms with Crippen LogP contribution in [0, 0.1) is 0 Å². The Labute approximate surface area is 116 Å². The fraction of sp³-hybridized carbons (Fsp3) is 0.250. The van der Waals surface area contributed by atoms with Crippen molar-refractivity contribution in [3.63, 3.8) is 0 Å². The summed E-state index contributed by atoms with van der Waals surface area (Å²) in [6.45, 7) is 0. The predicted octanol–water partition coefficient (Wildman–Crippen LogP) is 2.45. The number of aromatic nitrogens is 2. The van der Waals surface area contributed by atoms with Crippen LogP contribution < -0.4 is 4.74 Å². The molecule has 2 aromatic rings. The molecular weight excluding hydrogens is 293 g/mol. The summed E-state index contributed by atoms with van der Waals surface area (Å²) >= 11 is 0. The molecule has 0 aromatic carbocycles. The van der Waals surface area contributed by atoms with Crippen LogP contribution in [0.5, 0.6) is 5.88 Å². The van der Waals surface area contributed by atoms with Gasteiger partial charge in [-0.3, -0.25) is 0 Å². The quantitative estimate of drug-likeness (QED) is 0.913. The van der Waals surface area contributed by atoms with Gasteiger partial charge in [-0.25, -0.2) is 14.8 Å². The smallest absolute Gasteiger partial charge is 0.476 e. The van der Waals surface area contributed by atoms with Crippen LogP contribution in [0.2, 0.25) is 0 Å². The molecule has 0 radical (unpaired) electrons. The van der Waals surface area contributed by atoms with Gasteiger partial charge >= 0.3 is 12.3 Å². The Kier molecular flexibility index (Phi) is 4.10. The maximum Gasteiger partial charge on any atom is 0.574 e. The molecular formula is C12H9F3N2O4. The molecule has 0 aliphatic rings. The van der Waals surface area contributed by atoms with Crippen molar-refractivity contribution in [2.75, 3.05) is 0 Å². The molecule has 2 heterocycles. The summed E-state index contributed by atoms with van der Waals surface area (Å²) in [5.41, 5.74) is 0.441. The first kappa shape index (κ1) is 14.8. The second-order valence-corrected chi connectivity index (χ2v) is 3.98. The van der Waals surface area contributed by atoms with E-state index in [2.05, 4.69) is 14.7 Å². The van der Waals surface area contributed by atoms with Gasteiger partial charge in [0.15, 0.2) is 11.6 Å². The maximum absolute atomic E-state index is 11.9. The lowest BCUT2D eigenvalue weighted by Gasteiger charge is -2.07. The van der Waals surface area contributed by atoms with Crippen molar-refractivity contribution < 1.29 is 32.2 Å². The first-order chi connectivity index (χ1) is 9.83. The van der Waals surface area contributed by atoms with Crippen LogP contribution in [0.3, 0.4) is 0 Å². The molecule has 0 amide bonds. The van der Waals surface area contributed by atoms with Crippen LogP contribution in [0.1, 0.15) is 21.9 Å². The molecule has 0 aliphatic carbocycles. The van der Waals surface area contributed by atoms with Crippen molar-refractivity contribution >= 4 is 5.97 Å². The highest BCUT2D eigenvalue weighted by atomic mass is 19.4. The Morgan fingerprint density at radius 2 is 2.10 bits per heavy atom. The van der Waals surface area contributed by atoms with Gasteiger partial charge in [0, 0.05) is 18.7 Å². The molecule has 2 rings (SSSR count). The van der Waals surface area contributed by atoms with E-state index in [4.69, 9.17) is 9.52 Å². The summed E-state index contributed by atoms with van der Waals surface area (Å²) in [6.07, 6.45) is -1.83. The van der Waals surface area contributed by atoms with Crippen molar-refractivity contribution in [1.82, 2.24) is 9.97 Å². The lowest BCUT2D eigenvalue weighted by atomic mass is 10.1. The Hall–Kier alpha value is -2.58. The molecule has 21 heavy (non-hydrogen) atoms. The normalized spacial score (nSPS) is 11.4. The fourth-order valence-electron chi connectivity index (χ4n) is 1.51. The van der Waals surface area contributed by atoms with E-state index < -0.39 is 18.2 Å². The van der Waals surface area contributed by atoms with Gasteiger partial charge in [0.05, 0.1) is 0 Å². The SMILES string of the molecule is O=C(O)c1coc(CCc2ccc(OC(F)(F)F)nc2)n1. The average Bonchev–Trinajstić information content (AvgIpc) is 2.85. The van der Waals surface area contributed by atoms with Gasteiger partial charge in [-0.1, -0.05) is 6.07 Å². The third-order valence-electron chi connectivity index (χ3n) is 2.42. The molecule has 0 atom stereocenters. The van der Waals surface area contributed by atoms with Gasteiger partial charge in [-0.2, -0.15) is 0 Å². The van der Waals surface area contributed by atoms with E-state index in [1.54, 1.807) is 0 Å². The van der Waals surface area contributed by atoms with Crippen molar-refractivity contribution in [1.29, 1.82) is 0 Å². The van der Waals surface area contributed by atoms with Gasteiger partial charge in [0.1, 0.15) is 6.26 Å². The largest absolute Gasteiger partial charge is 0.574 e. The zero-order valence-electron chi connectivity index (χ0n) is 10.4. The van der Waals surface area contributed by atoms with Crippen LogP contribution in [0.25, 0.3) is 0 Å². The monoisotopic (exact) mass is 302 g/mol. The predicted molar refractivity (Wildman–Crippen MR) is 61.8 cm³/mol. The van der Waals surface area contributed by atoms with Crippen LogP contribution in [-0.4, -0.2) is 27.4 Å². The third-order valence-corrected chi connectivity index (χ3v) is 2.42. The van der Waals surface area contributed by atoms with E-state index in [-0.39, 0.29) is 11.6 Å². The topological polar surface area (TPSA) is 85.5 Å². The summed E-state index contributed by atoms with van der Waals surface area (Å²) in [6, 6.07) is 2.52.